The number of aryl methyl sites for hydroxylation is 1. The Labute approximate surface area is 128 Å². The van der Waals surface area contributed by atoms with E-state index in [-0.39, 0.29) is 0 Å². The average Bonchev–Trinajstić information content (AvgIpc) is 2.50. The summed E-state index contributed by atoms with van der Waals surface area (Å²) in [7, 11) is 0. The Balaban J connectivity index is 1.91. The zero-order chi connectivity index (χ0) is 15.1. The van der Waals surface area contributed by atoms with Crippen molar-refractivity contribution in [2.75, 3.05) is 18.5 Å². The molecule has 2 heteroatoms. The van der Waals surface area contributed by atoms with Crippen molar-refractivity contribution in [1.82, 2.24) is 0 Å². The van der Waals surface area contributed by atoms with Crippen molar-refractivity contribution in [3.8, 4) is 5.75 Å². The molecule has 0 aliphatic heterocycles. The summed E-state index contributed by atoms with van der Waals surface area (Å²) in [5.74, 6) is 1.50. The Morgan fingerprint density at radius 3 is 2.57 bits per heavy atom. The first kappa shape index (κ1) is 15.4. The number of ether oxygens (including phenoxy) is 1. The number of nitrogens with one attached hydrogen (secondary N) is 1. The van der Waals surface area contributed by atoms with Crippen molar-refractivity contribution in [3.63, 3.8) is 0 Å². The molecule has 112 valence electrons. The molecule has 0 heterocycles. The molecule has 0 amide bonds. The topological polar surface area (TPSA) is 21.3 Å². The lowest BCUT2D eigenvalue weighted by molar-refractivity contribution is 0.341. The summed E-state index contributed by atoms with van der Waals surface area (Å²) in [5, 5.41) is 3.50. The van der Waals surface area contributed by atoms with E-state index < -0.39 is 0 Å². The Bertz CT molecular complexity index is 551. The maximum Gasteiger partial charge on any atom is 0.142 e. The molecule has 1 unspecified atom stereocenters. The Hall–Kier alpha value is -1.96. The van der Waals surface area contributed by atoms with Crippen LogP contribution in [0.25, 0.3) is 0 Å². The molecule has 2 nitrogen and oxygen atoms in total. The standard InChI is InChI=1S/C19H25NO/c1-4-21-19-14-15(2)10-11-18(19)20-13-12-16(3)17-8-6-5-7-9-17/h5-11,14,16,20H,4,12-13H2,1-3H3. The van der Waals surface area contributed by atoms with Gasteiger partial charge < -0.3 is 10.1 Å². The number of hydrogen-bond donors (Lipinski definition) is 1. The van der Waals surface area contributed by atoms with Gasteiger partial charge >= 0.3 is 0 Å². The van der Waals surface area contributed by atoms with E-state index in [9.17, 15) is 0 Å². The lowest BCUT2D eigenvalue weighted by Gasteiger charge is -2.16. The van der Waals surface area contributed by atoms with Gasteiger partial charge in [-0.05, 0) is 49.4 Å². The average molecular weight is 283 g/mol. The first-order valence-corrected chi connectivity index (χ1v) is 7.73. The number of rotatable bonds is 7. The van der Waals surface area contributed by atoms with Crippen molar-refractivity contribution in [3.05, 3.63) is 59.7 Å². The van der Waals surface area contributed by atoms with Gasteiger partial charge in [-0.15, -0.1) is 0 Å². The summed E-state index contributed by atoms with van der Waals surface area (Å²) in [5.41, 5.74) is 3.71. The third-order valence-corrected chi connectivity index (χ3v) is 3.70. The van der Waals surface area contributed by atoms with Gasteiger partial charge in [-0.25, -0.2) is 0 Å². The first-order chi connectivity index (χ1) is 10.2. The van der Waals surface area contributed by atoms with Gasteiger partial charge in [0.1, 0.15) is 5.75 Å². The molecule has 2 aromatic carbocycles. The van der Waals surface area contributed by atoms with Crippen LogP contribution in [0.4, 0.5) is 5.69 Å². The predicted octanol–water partition coefficient (Wildman–Crippen LogP) is 5.00. The Morgan fingerprint density at radius 2 is 1.86 bits per heavy atom. The van der Waals surface area contributed by atoms with Crippen LogP contribution in [0, 0.1) is 6.92 Å². The zero-order valence-electron chi connectivity index (χ0n) is 13.2. The van der Waals surface area contributed by atoms with E-state index in [2.05, 4.69) is 67.7 Å². The minimum atomic E-state index is 0.555. The molecule has 0 saturated carbocycles. The van der Waals surface area contributed by atoms with E-state index in [4.69, 9.17) is 4.74 Å². The normalized spacial score (nSPS) is 12.0. The molecular weight excluding hydrogens is 258 g/mol. The quantitative estimate of drug-likeness (QED) is 0.772. The van der Waals surface area contributed by atoms with Gasteiger partial charge in [0.05, 0.1) is 12.3 Å². The Morgan fingerprint density at radius 1 is 1.10 bits per heavy atom. The highest BCUT2D eigenvalue weighted by Crippen LogP contribution is 2.26. The third kappa shape index (κ3) is 4.52. The molecule has 0 aliphatic carbocycles. The fourth-order valence-electron chi connectivity index (χ4n) is 2.42. The maximum atomic E-state index is 5.70. The van der Waals surface area contributed by atoms with Gasteiger partial charge in [0, 0.05) is 6.54 Å². The lowest BCUT2D eigenvalue weighted by atomic mass is 9.98. The van der Waals surface area contributed by atoms with Gasteiger partial charge in [0.25, 0.3) is 0 Å². The van der Waals surface area contributed by atoms with Gasteiger partial charge in [0.15, 0.2) is 0 Å². The van der Waals surface area contributed by atoms with Crippen LogP contribution in [0.2, 0.25) is 0 Å². The summed E-state index contributed by atoms with van der Waals surface area (Å²) in [6.45, 7) is 8.01. The van der Waals surface area contributed by atoms with Crippen LogP contribution in [0.15, 0.2) is 48.5 Å². The fourth-order valence-corrected chi connectivity index (χ4v) is 2.42. The van der Waals surface area contributed by atoms with E-state index in [1.807, 2.05) is 6.92 Å². The zero-order valence-corrected chi connectivity index (χ0v) is 13.2. The summed E-state index contributed by atoms with van der Waals surface area (Å²) >= 11 is 0. The second-order valence-corrected chi connectivity index (χ2v) is 5.46. The van der Waals surface area contributed by atoms with Gasteiger partial charge in [-0.3, -0.25) is 0 Å². The van der Waals surface area contributed by atoms with Crippen molar-refractivity contribution in [1.29, 1.82) is 0 Å². The van der Waals surface area contributed by atoms with Crippen LogP contribution >= 0.6 is 0 Å². The first-order valence-electron chi connectivity index (χ1n) is 7.73. The van der Waals surface area contributed by atoms with E-state index in [1.54, 1.807) is 0 Å². The summed E-state index contributed by atoms with van der Waals surface area (Å²) < 4.78 is 5.70. The molecule has 0 saturated heterocycles. The third-order valence-electron chi connectivity index (χ3n) is 3.70. The van der Waals surface area contributed by atoms with E-state index in [0.29, 0.717) is 12.5 Å². The van der Waals surface area contributed by atoms with Crippen LogP contribution in [0.3, 0.4) is 0 Å². The van der Waals surface area contributed by atoms with Gasteiger partial charge in [0.2, 0.25) is 0 Å². The molecule has 0 aliphatic rings. The molecule has 2 aromatic rings. The molecule has 0 fully saturated rings. The largest absolute Gasteiger partial charge is 0.492 e. The second-order valence-electron chi connectivity index (χ2n) is 5.46. The van der Waals surface area contributed by atoms with Crippen LogP contribution in [-0.2, 0) is 0 Å². The highest BCUT2D eigenvalue weighted by molar-refractivity contribution is 5.57. The molecule has 0 spiro atoms. The summed E-state index contributed by atoms with van der Waals surface area (Å²) in [4.78, 5) is 0. The highest BCUT2D eigenvalue weighted by Gasteiger charge is 2.06. The molecule has 1 atom stereocenters. The van der Waals surface area contributed by atoms with Crippen LogP contribution in [-0.4, -0.2) is 13.2 Å². The van der Waals surface area contributed by atoms with Gasteiger partial charge in [-0.1, -0.05) is 43.3 Å². The highest BCUT2D eigenvalue weighted by atomic mass is 16.5. The molecule has 0 radical (unpaired) electrons. The molecular formula is C19H25NO. The molecule has 2 rings (SSSR count). The Kier molecular flexibility index (Phi) is 5.68. The van der Waals surface area contributed by atoms with Crippen molar-refractivity contribution in [2.24, 2.45) is 0 Å². The summed E-state index contributed by atoms with van der Waals surface area (Å²) in [6, 6.07) is 17.0. The lowest BCUT2D eigenvalue weighted by Crippen LogP contribution is -2.07. The van der Waals surface area contributed by atoms with E-state index in [1.165, 1.54) is 11.1 Å². The molecule has 0 aromatic heterocycles. The molecule has 1 N–H and O–H groups in total. The molecule has 0 bridgehead atoms. The molecule has 21 heavy (non-hydrogen) atoms. The summed E-state index contributed by atoms with van der Waals surface area (Å²) in [6.07, 6.45) is 1.10. The maximum absolute atomic E-state index is 5.70. The van der Waals surface area contributed by atoms with Crippen molar-refractivity contribution >= 4 is 5.69 Å². The van der Waals surface area contributed by atoms with Crippen LogP contribution in [0.1, 0.15) is 37.3 Å². The van der Waals surface area contributed by atoms with Crippen LogP contribution in [0.5, 0.6) is 5.75 Å². The number of benzene rings is 2. The smallest absolute Gasteiger partial charge is 0.142 e. The number of anilines is 1. The monoisotopic (exact) mass is 283 g/mol. The SMILES string of the molecule is CCOc1cc(C)ccc1NCCC(C)c1ccccc1. The van der Waals surface area contributed by atoms with E-state index in [0.717, 1.165) is 24.4 Å². The van der Waals surface area contributed by atoms with Crippen molar-refractivity contribution in [2.45, 2.75) is 33.1 Å². The van der Waals surface area contributed by atoms with Gasteiger partial charge in [-0.2, -0.15) is 0 Å². The second kappa shape index (κ2) is 7.72. The van der Waals surface area contributed by atoms with Crippen LogP contribution < -0.4 is 10.1 Å². The van der Waals surface area contributed by atoms with Crippen molar-refractivity contribution < 1.29 is 4.74 Å². The fraction of sp³-hybridized carbons (Fsp3) is 0.368. The number of hydrogen-bond acceptors (Lipinski definition) is 2. The predicted molar refractivity (Wildman–Crippen MR) is 90.3 cm³/mol. The minimum absolute atomic E-state index is 0.555. The van der Waals surface area contributed by atoms with E-state index >= 15 is 0 Å². The minimum Gasteiger partial charge on any atom is -0.492 e.